The molecule has 2 aromatic rings. The minimum atomic E-state index is -0.610. The molecule has 3 fully saturated rings. The zero-order valence-corrected chi connectivity index (χ0v) is 16.1. The van der Waals surface area contributed by atoms with Crippen molar-refractivity contribution in [2.24, 2.45) is 23.7 Å². The first-order valence-corrected chi connectivity index (χ1v) is 9.55. The lowest BCUT2D eigenvalue weighted by atomic mass is 9.58. The van der Waals surface area contributed by atoms with Gasteiger partial charge in [0.05, 0.1) is 23.4 Å². The minimum Gasteiger partial charge on any atom is -0.506 e. The lowest BCUT2D eigenvalue weighted by molar-refractivity contribution is -0.141. The molecule has 4 atom stereocenters. The first-order chi connectivity index (χ1) is 13.8. The fourth-order valence-electron chi connectivity index (χ4n) is 4.99. The molecule has 1 N–H and O–H groups in total. The largest absolute Gasteiger partial charge is 0.506 e. The van der Waals surface area contributed by atoms with Gasteiger partial charge in [-0.05, 0) is 30.2 Å². The molecular weight excluding hydrogens is 368 g/mol. The molecule has 0 spiro atoms. The van der Waals surface area contributed by atoms with Crippen LogP contribution in [-0.4, -0.2) is 34.8 Å². The van der Waals surface area contributed by atoms with E-state index in [0.29, 0.717) is 11.4 Å². The second-order valence-corrected chi connectivity index (χ2v) is 8.07. The lowest BCUT2D eigenvalue weighted by Crippen LogP contribution is -2.48. The zero-order chi connectivity index (χ0) is 20.6. The van der Waals surface area contributed by atoms with E-state index in [2.05, 4.69) is 6.58 Å². The van der Waals surface area contributed by atoms with E-state index in [-0.39, 0.29) is 29.4 Å². The summed E-state index contributed by atoms with van der Waals surface area (Å²) >= 11 is 0. The summed E-state index contributed by atoms with van der Waals surface area (Å²) in [7, 11) is 1.46. The number of aromatic hydroxyl groups is 1. The van der Waals surface area contributed by atoms with Crippen LogP contribution in [0.5, 0.6) is 5.75 Å². The Labute approximate surface area is 168 Å². The molecule has 5 rings (SSSR count). The third kappa shape index (κ3) is 2.20. The summed E-state index contributed by atoms with van der Waals surface area (Å²) in [6.45, 7) is 6.04. The van der Waals surface area contributed by atoms with E-state index in [1.54, 1.807) is 12.1 Å². The molecule has 2 saturated heterocycles. The fourth-order valence-corrected chi connectivity index (χ4v) is 4.99. The Morgan fingerprint density at radius 3 is 2.00 bits per heavy atom. The summed E-state index contributed by atoms with van der Waals surface area (Å²) < 4.78 is 0. The monoisotopic (exact) mass is 388 g/mol. The summed E-state index contributed by atoms with van der Waals surface area (Å²) in [5.74, 6) is -2.97. The predicted octanol–water partition coefficient (Wildman–Crippen LogP) is 2.70. The molecular formula is C23H20N2O4. The topological polar surface area (TPSA) is 77.9 Å². The summed E-state index contributed by atoms with van der Waals surface area (Å²) in [5, 5.41) is 10.7. The van der Waals surface area contributed by atoms with E-state index in [0.717, 1.165) is 21.6 Å². The summed E-state index contributed by atoms with van der Waals surface area (Å²) in [6, 6.07) is 13.1. The maximum absolute atomic E-state index is 13.1. The number of anilines is 1. The quantitative estimate of drug-likeness (QED) is 0.803. The Balaban J connectivity index is 1.49. The van der Waals surface area contributed by atoms with Crippen LogP contribution in [-0.2, 0) is 14.4 Å². The molecule has 2 aliphatic heterocycles. The van der Waals surface area contributed by atoms with Gasteiger partial charge in [0, 0.05) is 18.7 Å². The van der Waals surface area contributed by atoms with E-state index in [1.165, 1.54) is 11.9 Å². The van der Waals surface area contributed by atoms with Gasteiger partial charge in [0.15, 0.2) is 0 Å². The second kappa shape index (κ2) is 5.80. The Morgan fingerprint density at radius 2 is 1.38 bits per heavy atom. The zero-order valence-electron chi connectivity index (χ0n) is 16.1. The van der Waals surface area contributed by atoms with Gasteiger partial charge >= 0.3 is 0 Å². The van der Waals surface area contributed by atoms with Crippen LogP contribution in [0.3, 0.4) is 0 Å². The van der Waals surface area contributed by atoms with Gasteiger partial charge in [-0.15, -0.1) is 0 Å². The molecule has 3 amide bonds. The highest BCUT2D eigenvalue weighted by Gasteiger charge is 2.71. The normalized spacial score (nSPS) is 27.9. The number of amides is 3. The number of fused-ring (bicyclic) bond motifs is 4. The molecule has 1 saturated carbocycles. The average molecular weight is 388 g/mol. The Hall–Kier alpha value is -3.41. The third-order valence-electron chi connectivity index (χ3n) is 6.56. The highest BCUT2D eigenvalue weighted by molar-refractivity contribution is 6.14. The van der Waals surface area contributed by atoms with E-state index >= 15 is 0 Å². The van der Waals surface area contributed by atoms with Gasteiger partial charge in [0.2, 0.25) is 17.7 Å². The number of benzene rings is 2. The molecule has 0 radical (unpaired) electrons. The van der Waals surface area contributed by atoms with Crippen LogP contribution in [0.4, 0.5) is 5.69 Å². The first kappa shape index (κ1) is 17.7. The summed E-state index contributed by atoms with van der Waals surface area (Å²) in [4.78, 5) is 40.3. The molecule has 2 heterocycles. The Kier molecular flexibility index (Phi) is 3.53. The van der Waals surface area contributed by atoms with Gasteiger partial charge in [-0.1, -0.05) is 42.5 Å². The first-order valence-electron chi connectivity index (χ1n) is 9.55. The summed E-state index contributed by atoms with van der Waals surface area (Å²) in [6.07, 6.45) is 0. The van der Waals surface area contributed by atoms with E-state index in [9.17, 15) is 19.5 Å². The van der Waals surface area contributed by atoms with Crippen molar-refractivity contribution in [2.75, 3.05) is 11.9 Å². The smallest absolute Gasteiger partial charge is 0.236 e. The molecule has 146 valence electrons. The number of rotatable bonds is 2. The molecule has 6 nitrogen and oxygen atoms in total. The van der Waals surface area contributed by atoms with Crippen LogP contribution in [0.15, 0.2) is 54.7 Å². The molecule has 0 bridgehead atoms. The number of nitrogens with zero attached hydrogens (tertiary/aromatic N) is 2. The van der Waals surface area contributed by atoms with Crippen molar-refractivity contribution < 1.29 is 19.5 Å². The molecule has 0 aromatic heterocycles. The standard InChI is InChI=1S/C23H20N2O4/c1-11-4-6-13(7-5-11)14-8-9-15(16(26)10-14)25-12(2)17-18-20(19(17)23(25)29)22(28)24(3)21(18)27/h4-10,17-20,26H,2H2,1,3H3. The number of carbonyl (C=O) groups excluding carboxylic acids is 3. The van der Waals surface area contributed by atoms with E-state index in [4.69, 9.17) is 0 Å². The predicted molar refractivity (Wildman–Crippen MR) is 107 cm³/mol. The van der Waals surface area contributed by atoms with Crippen LogP contribution >= 0.6 is 0 Å². The number of imide groups is 1. The van der Waals surface area contributed by atoms with Gasteiger partial charge in [-0.3, -0.25) is 24.2 Å². The number of phenols is 1. The number of aryl methyl sites for hydroxylation is 1. The lowest BCUT2D eigenvalue weighted by Gasteiger charge is -2.38. The van der Waals surface area contributed by atoms with Crippen molar-refractivity contribution in [3.63, 3.8) is 0 Å². The fraction of sp³-hybridized carbons (Fsp3) is 0.261. The molecule has 29 heavy (non-hydrogen) atoms. The van der Waals surface area contributed by atoms with Crippen LogP contribution in [0.2, 0.25) is 0 Å². The molecule has 6 heteroatoms. The molecule has 1 aliphatic carbocycles. The van der Waals surface area contributed by atoms with Crippen molar-refractivity contribution >= 4 is 23.4 Å². The maximum Gasteiger partial charge on any atom is 0.236 e. The van der Waals surface area contributed by atoms with Gasteiger partial charge in [-0.25, -0.2) is 0 Å². The van der Waals surface area contributed by atoms with E-state index < -0.39 is 17.8 Å². The van der Waals surface area contributed by atoms with Gasteiger partial charge in [0.25, 0.3) is 0 Å². The van der Waals surface area contributed by atoms with E-state index in [1.807, 2.05) is 37.3 Å². The van der Waals surface area contributed by atoms with Crippen LogP contribution in [0.25, 0.3) is 11.1 Å². The molecule has 2 aromatic carbocycles. The molecule has 3 aliphatic rings. The third-order valence-corrected chi connectivity index (χ3v) is 6.56. The highest BCUT2D eigenvalue weighted by atomic mass is 16.3. The number of likely N-dealkylation sites (tertiary alicyclic amines) is 1. The Bertz CT molecular complexity index is 1060. The number of hydrogen-bond acceptors (Lipinski definition) is 4. The summed E-state index contributed by atoms with van der Waals surface area (Å²) in [5.41, 5.74) is 3.73. The highest BCUT2D eigenvalue weighted by Crippen LogP contribution is 2.60. The number of hydrogen-bond donors (Lipinski definition) is 1. The second-order valence-electron chi connectivity index (χ2n) is 8.07. The van der Waals surface area contributed by atoms with Crippen molar-refractivity contribution in [3.8, 4) is 16.9 Å². The molecule has 4 unspecified atom stereocenters. The van der Waals surface area contributed by atoms with Crippen molar-refractivity contribution in [1.82, 2.24) is 4.90 Å². The van der Waals surface area contributed by atoms with Gasteiger partial charge in [-0.2, -0.15) is 0 Å². The SMILES string of the molecule is C=C1C2C3C(=O)N(C)C(=O)C3C2C(=O)N1c1ccc(-c2ccc(C)cc2)cc1O. The van der Waals surface area contributed by atoms with Crippen LogP contribution < -0.4 is 4.90 Å². The van der Waals surface area contributed by atoms with Gasteiger partial charge in [0.1, 0.15) is 5.75 Å². The van der Waals surface area contributed by atoms with Crippen LogP contribution in [0.1, 0.15) is 5.56 Å². The number of phenolic OH excluding ortho intramolecular Hbond substituents is 1. The number of carbonyl (C=O) groups is 3. The Morgan fingerprint density at radius 1 is 0.828 bits per heavy atom. The van der Waals surface area contributed by atoms with Crippen molar-refractivity contribution in [3.05, 3.63) is 60.3 Å². The number of allylic oxidation sites excluding steroid dienone is 1. The van der Waals surface area contributed by atoms with Crippen molar-refractivity contribution in [2.45, 2.75) is 6.92 Å². The van der Waals surface area contributed by atoms with Gasteiger partial charge < -0.3 is 5.11 Å². The van der Waals surface area contributed by atoms with Crippen LogP contribution in [0, 0.1) is 30.6 Å². The average Bonchev–Trinajstić information content (AvgIpc) is 2.98. The minimum absolute atomic E-state index is 0.0428. The maximum atomic E-state index is 13.1. The van der Waals surface area contributed by atoms with Crippen molar-refractivity contribution in [1.29, 1.82) is 0 Å².